The van der Waals surface area contributed by atoms with Crippen LogP contribution in [0.1, 0.15) is 11.6 Å². The molecule has 2 aromatic carbocycles. The van der Waals surface area contributed by atoms with Crippen molar-refractivity contribution in [2.75, 3.05) is 14.2 Å². The highest BCUT2D eigenvalue weighted by atomic mass is 16.5. The van der Waals surface area contributed by atoms with Gasteiger partial charge in [0.05, 0.1) is 38.7 Å². The van der Waals surface area contributed by atoms with Crippen LogP contribution < -0.4 is 20.1 Å². The zero-order valence-corrected chi connectivity index (χ0v) is 17.6. The second-order valence-corrected chi connectivity index (χ2v) is 6.61. The number of urea groups is 1. The van der Waals surface area contributed by atoms with Crippen molar-refractivity contribution in [3.05, 3.63) is 72.8 Å². The van der Waals surface area contributed by atoms with E-state index in [0.717, 1.165) is 22.9 Å². The third kappa shape index (κ3) is 4.67. The number of hydrogen-bond acceptors (Lipinski definition) is 7. The Balaban J connectivity index is 1.34. The van der Waals surface area contributed by atoms with Crippen LogP contribution in [0.4, 0.5) is 4.79 Å². The Kier molecular flexibility index (Phi) is 6.25. The van der Waals surface area contributed by atoms with E-state index in [9.17, 15) is 4.79 Å². The van der Waals surface area contributed by atoms with Crippen molar-refractivity contribution in [3.8, 4) is 22.9 Å². The molecule has 0 saturated carbocycles. The Morgan fingerprint density at radius 2 is 1.16 bits per heavy atom. The molecule has 2 amide bonds. The first-order valence-electron chi connectivity index (χ1n) is 9.76. The molecule has 0 bridgehead atoms. The van der Waals surface area contributed by atoms with Crippen LogP contribution in [-0.2, 0) is 13.1 Å². The average Bonchev–Trinajstić information content (AvgIpc) is 3.51. The van der Waals surface area contributed by atoms with Crippen LogP contribution in [-0.4, -0.2) is 49.8 Å². The average molecular weight is 434 g/mol. The van der Waals surface area contributed by atoms with Crippen LogP contribution in [0.15, 0.2) is 61.2 Å². The summed E-state index contributed by atoms with van der Waals surface area (Å²) in [5.74, 6) is 2.67. The number of amides is 2. The molecular formula is C21H22N8O3. The minimum atomic E-state index is -0.362. The van der Waals surface area contributed by atoms with Crippen LogP contribution in [0, 0.1) is 0 Å². The summed E-state index contributed by atoms with van der Waals surface area (Å²) in [6.45, 7) is 0.395. The van der Waals surface area contributed by atoms with Gasteiger partial charge < -0.3 is 20.1 Å². The molecule has 2 heterocycles. The predicted molar refractivity (Wildman–Crippen MR) is 115 cm³/mol. The number of carbonyl (C=O) groups is 1. The topological polar surface area (TPSA) is 121 Å². The third-order valence-electron chi connectivity index (χ3n) is 4.68. The van der Waals surface area contributed by atoms with Gasteiger partial charge in [-0.15, -0.1) is 0 Å². The maximum absolute atomic E-state index is 12.3. The summed E-state index contributed by atoms with van der Waals surface area (Å²) in [6.07, 6.45) is 2.88. The monoisotopic (exact) mass is 434 g/mol. The van der Waals surface area contributed by atoms with E-state index in [4.69, 9.17) is 9.47 Å². The molecule has 0 spiro atoms. The highest BCUT2D eigenvalue weighted by molar-refractivity contribution is 5.73. The molecule has 0 aliphatic rings. The van der Waals surface area contributed by atoms with Gasteiger partial charge in [0, 0.05) is 0 Å². The van der Waals surface area contributed by atoms with Crippen LogP contribution in [0.25, 0.3) is 11.4 Å². The Bertz CT molecular complexity index is 1080. The van der Waals surface area contributed by atoms with Crippen LogP contribution >= 0.6 is 0 Å². The molecule has 32 heavy (non-hydrogen) atoms. The summed E-state index contributed by atoms with van der Waals surface area (Å²) in [6, 6.07) is 14.4. The smallest absolute Gasteiger partial charge is 0.315 e. The van der Waals surface area contributed by atoms with Gasteiger partial charge >= 0.3 is 6.03 Å². The molecule has 0 radical (unpaired) electrons. The molecule has 0 fully saturated rings. The van der Waals surface area contributed by atoms with Gasteiger partial charge in [-0.2, -0.15) is 10.2 Å². The van der Waals surface area contributed by atoms with E-state index in [1.54, 1.807) is 23.6 Å². The van der Waals surface area contributed by atoms with Crippen molar-refractivity contribution in [1.82, 2.24) is 40.2 Å². The van der Waals surface area contributed by atoms with Crippen molar-refractivity contribution < 1.29 is 14.3 Å². The van der Waals surface area contributed by atoms with Gasteiger partial charge in [-0.05, 0) is 48.5 Å². The summed E-state index contributed by atoms with van der Waals surface area (Å²) in [4.78, 5) is 20.8. The standard InChI is InChI=1S/C21H22N8O3/c1-31-17-7-3-15(4-8-17)28-19(24-13-26-28)11-22-21(30)23-12-20-25-14-27-29(20)16-5-9-18(32-2)10-6-16/h3-10,13-14H,11-12H2,1-2H3,(H2,22,23,30). The summed E-state index contributed by atoms with van der Waals surface area (Å²) >= 11 is 0. The van der Waals surface area contributed by atoms with Gasteiger partial charge in [0.25, 0.3) is 0 Å². The molecule has 2 N–H and O–H groups in total. The Morgan fingerprint density at radius 3 is 1.53 bits per heavy atom. The molecule has 0 atom stereocenters. The lowest BCUT2D eigenvalue weighted by atomic mass is 10.3. The van der Waals surface area contributed by atoms with E-state index in [0.29, 0.717) is 11.6 Å². The molecule has 4 aromatic rings. The van der Waals surface area contributed by atoms with E-state index in [2.05, 4.69) is 30.8 Å². The van der Waals surface area contributed by atoms with Gasteiger partial charge in [0.2, 0.25) is 0 Å². The van der Waals surface area contributed by atoms with Gasteiger partial charge in [-0.25, -0.2) is 24.1 Å². The fraction of sp³-hybridized carbons (Fsp3) is 0.190. The number of aromatic nitrogens is 6. The first-order valence-corrected chi connectivity index (χ1v) is 9.76. The van der Waals surface area contributed by atoms with Gasteiger partial charge in [0.15, 0.2) is 11.6 Å². The van der Waals surface area contributed by atoms with Crippen molar-refractivity contribution in [1.29, 1.82) is 0 Å². The predicted octanol–water partition coefficient (Wildman–Crippen LogP) is 1.86. The van der Waals surface area contributed by atoms with E-state index in [1.165, 1.54) is 12.7 Å². The molecule has 0 unspecified atom stereocenters. The molecule has 164 valence electrons. The van der Waals surface area contributed by atoms with E-state index in [1.807, 2.05) is 48.5 Å². The van der Waals surface area contributed by atoms with Crippen LogP contribution in [0.3, 0.4) is 0 Å². The summed E-state index contributed by atoms with van der Waals surface area (Å²) < 4.78 is 13.7. The third-order valence-corrected chi connectivity index (χ3v) is 4.68. The Morgan fingerprint density at radius 1 is 0.750 bits per heavy atom. The van der Waals surface area contributed by atoms with Crippen molar-refractivity contribution in [2.24, 2.45) is 0 Å². The SMILES string of the molecule is COc1ccc(-n2ncnc2CNC(=O)NCc2ncnn2-c2ccc(OC)cc2)cc1. The maximum Gasteiger partial charge on any atom is 0.315 e. The van der Waals surface area contributed by atoms with E-state index < -0.39 is 0 Å². The van der Waals surface area contributed by atoms with Crippen LogP contribution in [0.5, 0.6) is 11.5 Å². The molecule has 0 saturated heterocycles. The number of ether oxygens (including phenoxy) is 2. The molecule has 0 aliphatic carbocycles. The second-order valence-electron chi connectivity index (χ2n) is 6.61. The number of benzene rings is 2. The van der Waals surface area contributed by atoms with Crippen molar-refractivity contribution >= 4 is 6.03 Å². The lowest BCUT2D eigenvalue weighted by Gasteiger charge is -2.10. The van der Waals surface area contributed by atoms with E-state index >= 15 is 0 Å². The summed E-state index contributed by atoms with van der Waals surface area (Å²) in [5, 5.41) is 14.0. The normalized spacial score (nSPS) is 10.6. The number of nitrogens with zero attached hydrogens (tertiary/aromatic N) is 6. The zero-order chi connectivity index (χ0) is 22.3. The lowest BCUT2D eigenvalue weighted by Crippen LogP contribution is -2.35. The highest BCUT2D eigenvalue weighted by Gasteiger charge is 2.11. The van der Waals surface area contributed by atoms with Crippen molar-refractivity contribution in [2.45, 2.75) is 13.1 Å². The number of methoxy groups -OCH3 is 2. The molecule has 0 aliphatic heterocycles. The molecule has 4 rings (SSSR count). The molecule has 11 nitrogen and oxygen atoms in total. The Hall–Kier alpha value is -4.41. The number of carbonyl (C=O) groups excluding carboxylic acids is 1. The van der Waals surface area contributed by atoms with Crippen molar-refractivity contribution in [3.63, 3.8) is 0 Å². The first kappa shape index (κ1) is 20.8. The minimum absolute atomic E-state index is 0.197. The number of hydrogen-bond donors (Lipinski definition) is 2. The largest absolute Gasteiger partial charge is 0.497 e. The van der Waals surface area contributed by atoms with Crippen LogP contribution in [0.2, 0.25) is 0 Å². The fourth-order valence-corrected chi connectivity index (χ4v) is 3.03. The summed E-state index contributed by atoms with van der Waals surface area (Å²) in [5.41, 5.74) is 1.63. The zero-order valence-electron chi connectivity index (χ0n) is 17.6. The fourth-order valence-electron chi connectivity index (χ4n) is 3.03. The van der Waals surface area contributed by atoms with Gasteiger partial charge in [0.1, 0.15) is 24.2 Å². The van der Waals surface area contributed by atoms with Gasteiger partial charge in [-0.3, -0.25) is 0 Å². The first-order chi connectivity index (χ1) is 15.7. The second kappa shape index (κ2) is 9.60. The molecule has 11 heteroatoms. The number of nitrogens with one attached hydrogen (secondary N) is 2. The number of rotatable bonds is 8. The van der Waals surface area contributed by atoms with E-state index in [-0.39, 0.29) is 19.1 Å². The lowest BCUT2D eigenvalue weighted by molar-refractivity contribution is 0.239. The minimum Gasteiger partial charge on any atom is -0.497 e. The molecule has 2 aromatic heterocycles. The quantitative estimate of drug-likeness (QED) is 0.434. The molecular weight excluding hydrogens is 412 g/mol. The van der Waals surface area contributed by atoms with Gasteiger partial charge in [-0.1, -0.05) is 0 Å². The Labute approximate surface area is 184 Å². The summed E-state index contributed by atoms with van der Waals surface area (Å²) in [7, 11) is 3.22. The maximum atomic E-state index is 12.3. The highest BCUT2D eigenvalue weighted by Crippen LogP contribution is 2.16.